The molecule has 0 aliphatic heterocycles. The second-order valence-corrected chi connectivity index (χ2v) is 7.03. The number of aryl methyl sites for hydroxylation is 1. The molecule has 0 spiro atoms. The maximum Gasteiger partial charge on any atom is 0.244 e. The van der Waals surface area contributed by atoms with Crippen LogP contribution in [0.15, 0.2) is 59.5 Å². The van der Waals surface area contributed by atoms with Gasteiger partial charge < -0.3 is 0 Å². The lowest BCUT2D eigenvalue weighted by molar-refractivity contribution is -0.134. The van der Waals surface area contributed by atoms with Gasteiger partial charge in [-0.05, 0) is 24.6 Å². The standard InChI is InChI=1S/C17H20N2O4S/c1-14-7-9-16(10-8-14)24(21,22)18-12-11-17(20)19-23-13-15-5-3-2-4-6-15/h2-10,18H,11-13H2,1H3,(H,19,20). The molecule has 0 saturated carbocycles. The fourth-order valence-electron chi connectivity index (χ4n) is 1.92. The number of amides is 1. The molecule has 0 atom stereocenters. The molecule has 2 rings (SSSR count). The molecule has 0 fully saturated rings. The predicted octanol–water partition coefficient (Wildman–Crippen LogP) is 1.91. The van der Waals surface area contributed by atoms with Gasteiger partial charge in [0.15, 0.2) is 0 Å². The highest BCUT2D eigenvalue weighted by Crippen LogP contribution is 2.09. The van der Waals surface area contributed by atoms with E-state index in [1.54, 1.807) is 12.1 Å². The van der Waals surface area contributed by atoms with Gasteiger partial charge in [-0.1, -0.05) is 48.0 Å². The normalized spacial score (nSPS) is 11.2. The molecule has 0 aliphatic carbocycles. The van der Waals surface area contributed by atoms with Gasteiger partial charge in [0.2, 0.25) is 15.9 Å². The van der Waals surface area contributed by atoms with E-state index in [4.69, 9.17) is 4.84 Å². The van der Waals surface area contributed by atoms with Crippen molar-refractivity contribution in [2.45, 2.75) is 24.8 Å². The van der Waals surface area contributed by atoms with E-state index in [2.05, 4.69) is 10.2 Å². The third-order valence-electron chi connectivity index (χ3n) is 3.24. The van der Waals surface area contributed by atoms with Crippen molar-refractivity contribution in [3.63, 3.8) is 0 Å². The first kappa shape index (κ1) is 18.1. The van der Waals surface area contributed by atoms with Crippen LogP contribution in [0.25, 0.3) is 0 Å². The summed E-state index contributed by atoms with van der Waals surface area (Å²) in [5.41, 5.74) is 4.20. The molecule has 24 heavy (non-hydrogen) atoms. The maximum atomic E-state index is 12.0. The van der Waals surface area contributed by atoms with E-state index < -0.39 is 15.9 Å². The lowest BCUT2D eigenvalue weighted by Crippen LogP contribution is -2.30. The van der Waals surface area contributed by atoms with Crippen LogP contribution in [0.5, 0.6) is 0 Å². The van der Waals surface area contributed by atoms with E-state index in [1.165, 1.54) is 12.1 Å². The Morgan fingerprint density at radius 1 is 1.04 bits per heavy atom. The number of hydrogen-bond acceptors (Lipinski definition) is 4. The first-order chi connectivity index (χ1) is 11.5. The molecule has 0 saturated heterocycles. The summed E-state index contributed by atoms with van der Waals surface area (Å²) in [6.07, 6.45) is -0.0140. The molecule has 1 amide bonds. The van der Waals surface area contributed by atoms with E-state index in [-0.39, 0.29) is 24.5 Å². The molecule has 0 aliphatic rings. The Morgan fingerprint density at radius 3 is 2.38 bits per heavy atom. The van der Waals surface area contributed by atoms with Gasteiger partial charge in [0.1, 0.15) is 0 Å². The van der Waals surface area contributed by atoms with Crippen LogP contribution in [-0.4, -0.2) is 20.9 Å². The molecule has 0 bridgehead atoms. The summed E-state index contributed by atoms with van der Waals surface area (Å²) >= 11 is 0. The van der Waals surface area contributed by atoms with E-state index in [9.17, 15) is 13.2 Å². The smallest absolute Gasteiger partial charge is 0.244 e. The topological polar surface area (TPSA) is 84.5 Å². The van der Waals surface area contributed by atoms with Crippen LogP contribution in [0.4, 0.5) is 0 Å². The van der Waals surface area contributed by atoms with E-state index in [0.717, 1.165) is 11.1 Å². The first-order valence-corrected chi connectivity index (χ1v) is 8.96. The number of carbonyl (C=O) groups excluding carboxylic acids is 1. The minimum atomic E-state index is -3.61. The van der Waals surface area contributed by atoms with Gasteiger partial charge >= 0.3 is 0 Å². The molecule has 2 aromatic rings. The zero-order chi connectivity index (χ0) is 17.4. The molecule has 0 radical (unpaired) electrons. The molecule has 128 valence electrons. The molecule has 6 nitrogen and oxygen atoms in total. The zero-order valence-corrected chi connectivity index (χ0v) is 14.2. The summed E-state index contributed by atoms with van der Waals surface area (Å²) < 4.78 is 26.5. The minimum Gasteiger partial charge on any atom is -0.273 e. The van der Waals surface area contributed by atoms with Gasteiger partial charge in [-0.15, -0.1) is 0 Å². The molecule has 0 heterocycles. The van der Waals surface area contributed by atoms with Gasteiger partial charge in [0.25, 0.3) is 0 Å². The Kier molecular flexibility index (Phi) is 6.48. The van der Waals surface area contributed by atoms with Crippen LogP contribution >= 0.6 is 0 Å². The van der Waals surface area contributed by atoms with Crippen molar-refractivity contribution >= 4 is 15.9 Å². The van der Waals surface area contributed by atoms with E-state index in [1.807, 2.05) is 37.3 Å². The number of hydroxylamine groups is 1. The van der Waals surface area contributed by atoms with Gasteiger partial charge in [-0.3, -0.25) is 9.63 Å². The number of sulfonamides is 1. The summed E-state index contributed by atoms with van der Waals surface area (Å²) in [6.45, 7) is 2.13. The summed E-state index contributed by atoms with van der Waals surface area (Å²) in [4.78, 5) is 16.9. The molecule has 0 aromatic heterocycles. The Morgan fingerprint density at radius 2 is 1.71 bits per heavy atom. The van der Waals surface area contributed by atoms with Crippen molar-refractivity contribution < 1.29 is 18.0 Å². The van der Waals surface area contributed by atoms with Crippen LogP contribution in [0, 0.1) is 6.92 Å². The van der Waals surface area contributed by atoms with Gasteiger partial charge in [-0.2, -0.15) is 0 Å². The van der Waals surface area contributed by atoms with Crippen LogP contribution in [0.2, 0.25) is 0 Å². The number of nitrogens with one attached hydrogen (secondary N) is 2. The molecular weight excluding hydrogens is 328 g/mol. The average Bonchev–Trinajstić information content (AvgIpc) is 2.56. The SMILES string of the molecule is Cc1ccc(S(=O)(=O)NCCC(=O)NOCc2ccccc2)cc1. The fourth-order valence-corrected chi connectivity index (χ4v) is 2.96. The number of benzene rings is 2. The monoisotopic (exact) mass is 348 g/mol. The summed E-state index contributed by atoms with van der Waals surface area (Å²) in [6, 6.07) is 15.9. The number of carbonyl (C=O) groups is 1. The molecular formula is C17H20N2O4S. The molecule has 2 aromatic carbocycles. The van der Waals surface area contributed by atoms with Crippen molar-refractivity contribution in [2.24, 2.45) is 0 Å². The second kappa shape index (κ2) is 8.58. The molecule has 2 N–H and O–H groups in total. The third-order valence-corrected chi connectivity index (χ3v) is 4.72. The summed E-state index contributed by atoms with van der Waals surface area (Å²) in [5.74, 6) is -0.391. The predicted molar refractivity (Wildman–Crippen MR) is 90.4 cm³/mol. The maximum absolute atomic E-state index is 12.0. The summed E-state index contributed by atoms with van der Waals surface area (Å²) in [7, 11) is -3.61. The highest BCUT2D eigenvalue weighted by molar-refractivity contribution is 7.89. The van der Waals surface area contributed by atoms with Crippen LogP contribution < -0.4 is 10.2 Å². The highest BCUT2D eigenvalue weighted by atomic mass is 32.2. The largest absolute Gasteiger partial charge is 0.273 e. The van der Waals surface area contributed by atoms with E-state index in [0.29, 0.717) is 0 Å². The van der Waals surface area contributed by atoms with E-state index >= 15 is 0 Å². The lowest BCUT2D eigenvalue weighted by Gasteiger charge is -2.08. The number of hydrogen-bond donors (Lipinski definition) is 2. The number of rotatable bonds is 8. The third kappa shape index (κ3) is 5.77. The Labute approximate surface area is 141 Å². The summed E-state index contributed by atoms with van der Waals surface area (Å²) in [5, 5.41) is 0. The lowest BCUT2D eigenvalue weighted by atomic mass is 10.2. The van der Waals surface area contributed by atoms with Gasteiger partial charge in [0.05, 0.1) is 11.5 Å². The quantitative estimate of drug-likeness (QED) is 0.714. The van der Waals surface area contributed by atoms with Gasteiger partial charge in [-0.25, -0.2) is 18.6 Å². The van der Waals surface area contributed by atoms with Crippen molar-refractivity contribution in [1.82, 2.24) is 10.2 Å². The zero-order valence-electron chi connectivity index (χ0n) is 13.4. The van der Waals surface area contributed by atoms with Crippen LogP contribution in [0.3, 0.4) is 0 Å². The minimum absolute atomic E-state index is 0.00323. The first-order valence-electron chi connectivity index (χ1n) is 7.48. The molecule has 0 unspecified atom stereocenters. The van der Waals surface area contributed by atoms with Crippen LogP contribution in [-0.2, 0) is 26.3 Å². The van der Waals surface area contributed by atoms with Gasteiger partial charge in [0, 0.05) is 13.0 Å². The second-order valence-electron chi connectivity index (χ2n) is 5.26. The highest BCUT2D eigenvalue weighted by Gasteiger charge is 2.13. The Bertz CT molecular complexity index is 759. The van der Waals surface area contributed by atoms with Crippen molar-refractivity contribution in [3.8, 4) is 0 Å². The Hall–Kier alpha value is -2.22. The molecule has 7 heteroatoms. The Balaban J connectivity index is 1.71. The fraction of sp³-hybridized carbons (Fsp3) is 0.235. The van der Waals surface area contributed by atoms with Crippen molar-refractivity contribution in [3.05, 3.63) is 65.7 Å². The van der Waals surface area contributed by atoms with Crippen molar-refractivity contribution in [1.29, 1.82) is 0 Å². The average molecular weight is 348 g/mol. The van der Waals surface area contributed by atoms with Crippen molar-refractivity contribution in [2.75, 3.05) is 6.54 Å². The van der Waals surface area contributed by atoms with Crippen LogP contribution in [0.1, 0.15) is 17.5 Å².